The summed E-state index contributed by atoms with van der Waals surface area (Å²) in [5, 5.41) is 11.0. The zero-order valence-electron chi connectivity index (χ0n) is 10.8. The van der Waals surface area contributed by atoms with Crippen LogP contribution in [-0.2, 0) is 6.54 Å². The van der Waals surface area contributed by atoms with Gasteiger partial charge in [-0.05, 0) is 19.9 Å². The topological polar surface area (TPSA) is 46.4 Å². The van der Waals surface area contributed by atoms with Gasteiger partial charge in [0.2, 0.25) is 0 Å². The van der Waals surface area contributed by atoms with Gasteiger partial charge in [-0.25, -0.2) is 0 Å². The van der Waals surface area contributed by atoms with Crippen LogP contribution in [0.2, 0.25) is 0 Å². The van der Waals surface area contributed by atoms with Gasteiger partial charge in [-0.3, -0.25) is 15.0 Å². The first-order chi connectivity index (χ1) is 8.68. The van der Waals surface area contributed by atoms with Crippen molar-refractivity contribution in [3.8, 4) is 0 Å². The van der Waals surface area contributed by atoms with E-state index >= 15 is 0 Å². The van der Waals surface area contributed by atoms with Crippen molar-refractivity contribution in [3.63, 3.8) is 0 Å². The van der Waals surface area contributed by atoms with Crippen LogP contribution in [0.4, 0.5) is 5.69 Å². The molecule has 1 aliphatic rings. The number of para-hydroxylation sites is 1. The van der Waals surface area contributed by atoms with E-state index < -0.39 is 0 Å². The van der Waals surface area contributed by atoms with Gasteiger partial charge in [0.25, 0.3) is 5.69 Å². The van der Waals surface area contributed by atoms with Gasteiger partial charge in [0.1, 0.15) is 0 Å². The maximum absolute atomic E-state index is 11.0. The lowest BCUT2D eigenvalue weighted by Gasteiger charge is -2.31. The first-order valence-corrected chi connectivity index (χ1v) is 6.61. The number of nitro groups is 1. The van der Waals surface area contributed by atoms with Gasteiger partial charge in [-0.1, -0.05) is 37.5 Å². The summed E-state index contributed by atoms with van der Waals surface area (Å²) < 4.78 is 0. The fourth-order valence-corrected chi connectivity index (χ4v) is 2.74. The Hall–Kier alpha value is -1.42. The molecule has 0 N–H and O–H groups in total. The Kier molecular flexibility index (Phi) is 4.31. The van der Waals surface area contributed by atoms with Crippen LogP contribution >= 0.6 is 0 Å². The molecule has 0 heterocycles. The van der Waals surface area contributed by atoms with E-state index in [-0.39, 0.29) is 10.6 Å². The molecule has 1 saturated carbocycles. The van der Waals surface area contributed by atoms with Crippen molar-refractivity contribution in [2.24, 2.45) is 0 Å². The van der Waals surface area contributed by atoms with Crippen molar-refractivity contribution < 1.29 is 4.92 Å². The van der Waals surface area contributed by atoms with Crippen LogP contribution in [0.15, 0.2) is 24.3 Å². The second-order valence-electron chi connectivity index (χ2n) is 5.09. The van der Waals surface area contributed by atoms with Crippen LogP contribution in [0.1, 0.15) is 37.7 Å². The molecular formula is C14H20N2O2. The largest absolute Gasteiger partial charge is 0.299 e. The predicted octanol–water partition coefficient (Wildman–Crippen LogP) is 3.36. The number of benzene rings is 1. The Labute approximate surface area is 108 Å². The first-order valence-electron chi connectivity index (χ1n) is 6.61. The highest BCUT2D eigenvalue weighted by Crippen LogP contribution is 2.25. The molecule has 4 heteroatoms. The van der Waals surface area contributed by atoms with Crippen LogP contribution < -0.4 is 0 Å². The molecule has 0 spiro atoms. The summed E-state index contributed by atoms with van der Waals surface area (Å²) >= 11 is 0. The lowest BCUT2D eigenvalue weighted by atomic mass is 9.94. The summed E-state index contributed by atoms with van der Waals surface area (Å²) in [6.07, 6.45) is 6.34. The van der Waals surface area contributed by atoms with Gasteiger partial charge in [-0.15, -0.1) is 0 Å². The van der Waals surface area contributed by atoms with Crippen molar-refractivity contribution in [1.82, 2.24) is 4.90 Å². The molecular weight excluding hydrogens is 228 g/mol. The van der Waals surface area contributed by atoms with Crippen molar-refractivity contribution >= 4 is 5.69 Å². The van der Waals surface area contributed by atoms with E-state index in [4.69, 9.17) is 0 Å². The van der Waals surface area contributed by atoms with E-state index in [0.717, 1.165) is 5.56 Å². The van der Waals surface area contributed by atoms with Crippen molar-refractivity contribution in [2.75, 3.05) is 7.05 Å². The number of nitrogens with zero attached hydrogens (tertiary/aromatic N) is 2. The van der Waals surface area contributed by atoms with Crippen molar-refractivity contribution in [3.05, 3.63) is 39.9 Å². The van der Waals surface area contributed by atoms with Gasteiger partial charge >= 0.3 is 0 Å². The van der Waals surface area contributed by atoms with E-state index in [1.807, 2.05) is 12.1 Å². The van der Waals surface area contributed by atoms with Crippen molar-refractivity contribution in [1.29, 1.82) is 0 Å². The Morgan fingerprint density at radius 2 is 1.94 bits per heavy atom. The van der Waals surface area contributed by atoms with Gasteiger partial charge in [-0.2, -0.15) is 0 Å². The smallest absolute Gasteiger partial charge is 0.273 e. The highest BCUT2D eigenvalue weighted by molar-refractivity contribution is 5.39. The molecule has 0 aliphatic heterocycles. The van der Waals surface area contributed by atoms with E-state index in [9.17, 15) is 10.1 Å². The lowest BCUT2D eigenvalue weighted by Crippen LogP contribution is -2.33. The van der Waals surface area contributed by atoms with E-state index in [0.29, 0.717) is 12.6 Å². The van der Waals surface area contributed by atoms with Crippen LogP contribution in [0, 0.1) is 10.1 Å². The lowest BCUT2D eigenvalue weighted by molar-refractivity contribution is -0.385. The molecule has 4 nitrogen and oxygen atoms in total. The molecule has 1 fully saturated rings. The molecule has 2 rings (SSSR count). The molecule has 1 aromatic carbocycles. The van der Waals surface area contributed by atoms with Crippen molar-refractivity contribution in [2.45, 2.75) is 44.7 Å². The highest BCUT2D eigenvalue weighted by Gasteiger charge is 2.20. The zero-order valence-corrected chi connectivity index (χ0v) is 10.8. The number of hydrogen-bond donors (Lipinski definition) is 0. The maximum Gasteiger partial charge on any atom is 0.273 e. The van der Waals surface area contributed by atoms with Crippen LogP contribution in [-0.4, -0.2) is 22.9 Å². The maximum atomic E-state index is 11.0. The highest BCUT2D eigenvalue weighted by atomic mass is 16.6. The summed E-state index contributed by atoms with van der Waals surface area (Å²) in [7, 11) is 2.08. The SMILES string of the molecule is CN(Cc1ccccc1[N+](=O)[O-])C1CCCCC1. The Balaban J connectivity index is 2.06. The molecule has 98 valence electrons. The minimum Gasteiger partial charge on any atom is -0.299 e. The fourth-order valence-electron chi connectivity index (χ4n) is 2.74. The summed E-state index contributed by atoms with van der Waals surface area (Å²) in [4.78, 5) is 12.9. The van der Waals surface area contributed by atoms with Gasteiger partial charge in [0, 0.05) is 24.2 Å². The first kappa shape index (κ1) is 13.0. The van der Waals surface area contributed by atoms with E-state index in [2.05, 4.69) is 11.9 Å². The average Bonchev–Trinajstić information content (AvgIpc) is 2.40. The normalized spacial score (nSPS) is 17.0. The monoisotopic (exact) mass is 248 g/mol. The summed E-state index contributed by atoms with van der Waals surface area (Å²) in [5.41, 5.74) is 1.05. The summed E-state index contributed by atoms with van der Waals surface area (Å²) in [5.74, 6) is 0. The van der Waals surface area contributed by atoms with E-state index in [1.54, 1.807) is 12.1 Å². The van der Waals surface area contributed by atoms with Crippen LogP contribution in [0.3, 0.4) is 0 Å². The van der Waals surface area contributed by atoms with Gasteiger partial charge in [0.05, 0.1) is 4.92 Å². The third kappa shape index (κ3) is 3.07. The number of rotatable bonds is 4. The number of nitro benzene ring substituents is 1. The summed E-state index contributed by atoms with van der Waals surface area (Å²) in [6.45, 7) is 0.668. The molecule has 1 aliphatic carbocycles. The third-order valence-electron chi connectivity index (χ3n) is 3.81. The van der Waals surface area contributed by atoms with E-state index in [1.165, 1.54) is 32.1 Å². The number of hydrogen-bond acceptors (Lipinski definition) is 3. The molecule has 0 saturated heterocycles. The quantitative estimate of drug-likeness (QED) is 0.606. The Morgan fingerprint density at radius 1 is 1.28 bits per heavy atom. The van der Waals surface area contributed by atoms with Crippen LogP contribution in [0.25, 0.3) is 0 Å². The minimum atomic E-state index is -0.288. The molecule has 0 atom stereocenters. The van der Waals surface area contributed by atoms with Crippen LogP contribution in [0.5, 0.6) is 0 Å². The average molecular weight is 248 g/mol. The third-order valence-corrected chi connectivity index (χ3v) is 3.81. The summed E-state index contributed by atoms with van der Waals surface area (Å²) in [6, 6.07) is 7.62. The van der Waals surface area contributed by atoms with Gasteiger partial charge in [0.15, 0.2) is 0 Å². The molecule has 0 amide bonds. The Morgan fingerprint density at radius 3 is 2.61 bits per heavy atom. The molecule has 1 aromatic rings. The second kappa shape index (κ2) is 5.96. The molecule has 0 radical (unpaired) electrons. The fraction of sp³-hybridized carbons (Fsp3) is 0.571. The molecule has 18 heavy (non-hydrogen) atoms. The molecule has 0 aromatic heterocycles. The Bertz CT molecular complexity index is 414. The standard InChI is InChI=1S/C14H20N2O2/c1-15(13-8-3-2-4-9-13)11-12-7-5-6-10-14(12)16(17)18/h5-7,10,13H,2-4,8-9,11H2,1H3. The molecule has 0 bridgehead atoms. The van der Waals surface area contributed by atoms with Gasteiger partial charge < -0.3 is 0 Å². The predicted molar refractivity (Wildman–Crippen MR) is 71.4 cm³/mol. The zero-order chi connectivity index (χ0) is 13.0. The minimum absolute atomic E-state index is 0.236. The molecule has 0 unspecified atom stereocenters. The second-order valence-corrected chi connectivity index (χ2v) is 5.09.